The van der Waals surface area contributed by atoms with Gasteiger partial charge in [-0.1, -0.05) is 48.5 Å². The summed E-state index contributed by atoms with van der Waals surface area (Å²) in [6.45, 7) is 0. The fourth-order valence-corrected chi connectivity index (χ4v) is 4.87. The maximum absolute atomic E-state index is 5.79. The van der Waals surface area contributed by atoms with Crippen LogP contribution in [0.15, 0.2) is 77.5 Å². The highest BCUT2D eigenvalue weighted by Gasteiger charge is 2.26. The highest BCUT2D eigenvalue weighted by Crippen LogP contribution is 2.40. The minimum atomic E-state index is 0.468. The van der Waals surface area contributed by atoms with Crippen molar-refractivity contribution in [2.24, 2.45) is 0 Å². The quantitative estimate of drug-likeness (QED) is 0.376. The summed E-state index contributed by atoms with van der Waals surface area (Å²) in [6, 6.07) is 22.0. The van der Waals surface area contributed by atoms with E-state index < -0.39 is 0 Å². The Hall–Kier alpha value is -3.33. The first-order valence-electron chi connectivity index (χ1n) is 9.88. The van der Waals surface area contributed by atoms with Gasteiger partial charge in [0.05, 0.1) is 6.26 Å². The smallest absolute Gasteiger partial charge is 0.157 e. The molecule has 3 aromatic carbocycles. The van der Waals surface area contributed by atoms with Crippen LogP contribution in [0.3, 0.4) is 0 Å². The third-order valence-corrected chi connectivity index (χ3v) is 6.21. The number of nitrogens with zero attached hydrogens (tertiary/aromatic N) is 1. The molecule has 136 valence electrons. The van der Waals surface area contributed by atoms with Gasteiger partial charge in [0.15, 0.2) is 5.76 Å². The summed E-state index contributed by atoms with van der Waals surface area (Å²) in [4.78, 5) is 0. The standard InChI is InChI=1S/C25H20N2O/c1-2-4-19-16(3-1)5-9-23-20-8-6-18(15-17(20)7-10-22(19)23)21-12-14-28-25(21)24-11-13-26-27-24/h1-5,7,9-14,18H,6,8,15H2,(H,26,27). The minimum Gasteiger partial charge on any atom is -0.462 e. The number of fused-ring (bicyclic) bond motifs is 5. The number of aromatic amines is 1. The molecule has 0 saturated carbocycles. The summed E-state index contributed by atoms with van der Waals surface area (Å²) in [6.07, 6.45) is 6.92. The molecular formula is C25H20N2O. The van der Waals surface area contributed by atoms with Gasteiger partial charge in [0, 0.05) is 11.8 Å². The van der Waals surface area contributed by atoms with Crippen LogP contribution in [0.4, 0.5) is 0 Å². The van der Waals surface area contributed by atoms with Crippen molar-refractivity contribution < 1.29 is 4.42 Å². The molecule has 1 aliphatic carbocycles. The van der Waals surface area contributed by atoms with Crippen molar-refractivity contribution in [2.45, 2.75) is 25.2 Å². The van der Waals surface area contributed by atoms with Crippen LogP contribution in [-0.4, -0.2) is 10.2 Å². The van der Waals surface area contributed by atoms with Gasteiger partial charge in [-0.05, 0) is 70.0 Å². The molecule has 1 N–H and O–H groups in total. The lowest BCUT2D eigenvalue weighted by Gasteiger charge is -2.26. The molecule has 3 heteroatoms. The number of hydrogen-bond donors (Lipinski definition) is 1. The van der Waals surface area contributed by atoms with Crippen LogP contribution in [0.5, 0.6) is 0 Å². The van der Waals surface area contributed by atoms with Crippen molar-refractivity contribution in [2.75, 3.05) is 0 Å². The van der Waals surface area contributed by atoms with E-state index in [4.69, 9.17) is 4.42 Å². The number of aryl methyl sites for hydroxylation is 1. The maximum Gasteiger partial charge on any atom is 0.157 e. The summed E-state index contributed by atoms with van der Waals surface area (Å²) in [5, 5.41) is 12.6. The number of furan rings is 1. The second-order valence-corrected chi connectivity index (χ2v) is 7.69. The van der Waals surface area contributed by atoms with E-state index in [1.807, 2.05) is 12.3 Å². The fourth-order valence-electron chi connectivity index (χ4n) is 4.87. The Bertz CT molecular complexity index is 1300. The van der Waals surface area contributed by atoms with Crippen LogP contribution in [0.1, 0.15) is 29.0 Å². The normalized spacial score (nSPS) is 16.5. The number of benzene rings is 3. The monoisotopic (exact) mass is 364 g/mol. The first-order valence-corrected chi connectivity index (χ1v) is 9.88. The van der Waals surface area contributed by atoms with Crippen LogP contribution < -0.4 is 0 Å². The highest BCUT2D eigenvalue weighted by atomic mass is 16.3. The average molecular weight is 364 g/mol. The Morgan fingerprint density at radius 2 is 1.82 bits per heavy atom. The first kappa shape index (κ1) is 15.7. The molecule has 3 nitrogen and oxygen atoms in total. The molecule has 6 rings (SSSR count). The van der Waals surface area contributed by atoms with E-state index in [-0.39, 0.29) is 0 Å². The van der Waals surface area contributed by atoms with Gasteiger partial charge in [-0.25, -0.2) is 0 Å². The number of H-pyrrole nitrogens is 1. The van der Waals surface area contributed by atoms with Gasteiger partial charge in [0.2, 0.25) is 0 Å². The van der Waals surface area contributed by atoms with Gasteiger partial charge in [0.25, 0.3) is 0 Å². The second-order valence-electron chi connectivity index (χ2n) is 7.69. The lowest BCUT2D eigenvalue weighted by molar-refractivity contribution is 0.554. The summed E-state index contributed by atoms with van der Waals surface area (Å²) in [5.74, 6) is 1.37. The second kappa shape index (κ2) is 6.10. The molecule has 0 saturated heterocycles. The van der Waals surface area contributed by atoms with Gasteiger partial charge in [-0.3, -0.25) is 5.10 Å². The van der Waals surface area contributed by atoms with Crippen molar-refractivity contribution in [3.05, 3.63) is 89.8 Å². The molecule has 1 atom stereocenters. The molecule has 5 aromatic rings. The summed E-state index contributed by atoms with van der Waals surface area (Å²) >= 11 is 0. The van der Waals surface area contributed by atoms with Crippen LogP contribution >= 0.6 is 0 Å². The summed E-state index contributed by atoms with van der Waals surface area (Å²) < 4.78 is 5.79. The predicted molar refractivity (Wildman–Crippen MR) is 113 cm³/mol. The van der Waals surface area contributed by atoms with E-state index in [9.17, 15) is 0 Å². The molecule has 0 aliphatic heterocycles. The first-order chi connectivity index (χ1) is 13.9. The number of aromatic nitrogens is 2. The molecule has 2 aromatic heterocycles. The van der Waals surface area contributed by atoms with E-state index >= 15 is 0 Å². The van der Waals surface area contributed by atoms with Crippen LogP contribution in [0.25, 0.3) is 33.0 Å². The van der Waals surface area contributed by atoms with Crippen molar-refractivity contribution in [3.8, 4) is 11.5 Å². The third kappa shape index (κ3) is 2.32. The van der Waals surface area contributed by atoms with E-state index in [1.165, 1.54) is 38.2 Å². The molecule has 0 spiro atoms. The lowest BCUT2D eigenvalue weighted by Crippen LogP contribution is -2.13. The predicted octanol–water partition coefficient (Wildman–Crippen LogP) is 6.25. The van der Waals surface area contributed by atoms with Gasteiger partial charge in [0.1, 0.15) is 5.69 Å². The maximum atomic E-state index is 5.79. The molecule has 28 heavy (non-hydrogen) atoms. The third-order valence-electron chi connectivity index (χ3n) is 6.21. The van der Waals surface area contributed by atoms with E-state index in [0.717, 1.165) is 30.7 Å². The molecule has 0 amide bonds. The number of hydrogen-bond acceptors (Lipinski definition) is 2. The zero-order valence-electron chi connectivity index (χ0n) is 15.5. The Balaban J connectivity index is 1.43. The van der Waals surface area contributed by atoms with Gasteiger partial charge in [-0.2, -0.15) is 5.10 Å². The SMILES string of the molecule is c1ccc2c(c1)ccc1c3c(ccc12)CC(c1ccoc1-c1cc[nH]n1)CC3. The topological polar surface area (TPSA) is 41.8 Å². The zero-order chi connectivity index (χ0) is 18.5. The van der Waals surface area contributed by atoms with E-state index in [1.54, 1.807) is 6.26 Å². The summed E-state index contributed by atoms with van der Waals surface area (Å²) in [7, 11) is 0. The van der Waals surface area contributed by atoms with E-state index in [0.29, 0.717) is 5.92 Å². The molecule has 0 bridgehead atoms. The largest absolute Gasteiger partial charge is 0.462 e. The Labute approximate surface area is 163 Å². The van der Waals surface area contributed by atoms with Crippen molar-refractivity contribution >= 4 is 21.5 Å². The Kier molecular flexibility index (Phi) is 3.42. The van der Waals surface area contributed by atoms with Crippen LogP contribution in [0.2, 0.25) is 0 Å². The molecule has 0 fully saturated rings. The number of nitrogens with one attached hydrogen (secondary N) is 1. The highest BCUT2D eigenvalue weighted by molar-refractivity contribution is 6.08. The average Bonchev–Trinajstić information content (AvgIpc) is 3.44. The molecule has 2 heterocycles. The van der Waals surface area contributed by atoms with Gasteiger partial charge in [-0.15, -0.1) is 0 Å². The Morgan fingerprint density at radius 1 is 0.893 bits per heavy atom. The van der Waals surface area contributed by atoms with Gasteiger partial charge < -0.3 is 4.42 Å². The van der Waals surface area contributed by atoms with E-state index in [2.05, 4.69) is 64.8 Å². The van der Waals surface area contributed by atoms with Crippen LogP contribution in [0, 0.1) is 0 Å². The fraction of sp³-hybridized carbons (Fsp3) is 0.160. The molecule has 0 radical (unpaired) electrons. The molecule has 1 unspecified atom stereocenters. The minimum absolute atomic E-state index is 0.468. The summed E-state index contributed by atoms with van der Waals surface area (Å²) in [5.41, 5.74) is 5.14. The van der Waals surface area contributed by atoms with Crippen molar-refractivity contribution in [3.63, 3.8) is 0 Å². The molecular weight excluding hydrogens is 344 g/mol. The lowest BCUT2D eigenvalue weighted by atomic mass is 9.78. The van der Waals surface area contributed by atoms with Crippen molar-refractivity contribution in [1.29, 1.82) is 0 Å². The van der Waals surface area contributed by atoms with Crippen molar-refractivity contribution in [1.82, 2.24) is 10.2 Å². The Morgan fingerprint density at radius 3 is 2.75 bits per heavy atom. The van der Waals surface area contributed by atoms with Gasteiger partial charge >= 0.3 is 0 Å². The zero-order valence-corrected chi connectivity index (χ0v) is 15.5. The number of rotatable bonds is 2. The van der Waals surface area contributed by atoms with Crippen LogP contribution in [-0.2, 0) is 12.8 Å². The molecule has 1 aliphatic rings.